The van der Waals surface area contributed by atoms with E-state index in [9.17, 15) is 11.0 Å². The van der Waals surface area contributed by atoms with Gasteiger partial charge in [-0.25, -0.2) is 0 Å². The molecule has 16 aromatic carbocycles. The molecule has 0 N–H and O–H groups in total. The summed E-state index contributed by atoms with van der Waals surface area (Å²) in [6.45, 7) is 34.0. The Hall–Kier alpha value is -13.2. The SMILES string of the molecule is [2H]c1c([2H])c([2H])c2c(c1[2H])-c1c([2H])c([2H])c([2H])c([2H])c1C21c2ccccc2-c2cccc(-c3ccc4c(c3)B3c5ccc(-n6c7ccc(C(C)(C)C)cc7c7ccc(C(C)(C)C)cc76)cc5N(c5ccc(C(C)(C)C)cc5-c5ccccc5)c5cc(-n6c7ccc(C(C)(C)C)cc7c7cc(C(C)(C)C)ccc76)cc(c53)N4c3c(-c4ccccc4)cccc3-c3ccccc3)c21. The van der Waals surface area contributed by atoms with Crippen molar-refractivity contribution in [3.8, 4) is 78.1 Å². The molecule has 2 aliphatic heterocycles. The number of hydrogen-bond acceptors (Lipinski definition) is 2. The molecule has 1 spiro atoms. The lowest BCUT2D eigenvalue weighted by Gasteiger charge is -2.46. The molecular weight excluding hydrogens is 1470 g/mol. The average molecular weight is 1580 g/mol. The fourth-order valence-corrected chi connectivity index (χ4v) is 20.7. The summed E-state index contributed by atoms with van der Waals surface area (Å²) in [6.07, 6.45) is 0. The summed E-state index contributed by atoms with van der Waals surface area (Å²) in [5.74, 6) is 0. The van der Waals surface area contributed by atoms with Gasteiger partial charge in [-0.2, -0.15) is 0 Å². The van der Waals surface area contributed by atoms with Crippen LogP contribution in [0.2, 0.25) is 0 Å². The van der Waals surface area contributed by atoms with Crippen LogP contribution in [-0.4, -0.2) is 15.8 Å². The second-order valence-electron chi connectivity index (χ2n) is 39.4. The molecule has 0 amide bonds. The molecule has 4 heterocycles. The standard InChI is InChI=1S/C117H101BN4/c1-112(2,3)76-51-59-100(91(64-76)74-37-23-18-24-38-74)121-106-69-81(119-101-60-52-77(113(4,5)6)65-92(101)89-56-50-80(68-105(89)119)116(13,14)15)55-57-98(106)118-99-63-75(83-42-31-45-90-88-41-27-30-48-97(88)117(109(83)90)95-46-28-25-39-86(95)87-40-26-29-47-96(87)117)49-58-104(99)122(111-84(72-33-19-16-20-34-72)43-32-44-85(111)73-35-21-17-22-36-73)108-71-82(70-107(121)110(108)118)120-102-61-53-78(114(7,8)9)66-93(102)94-67-79(115(10,11)12)54-62-103(94)120/h16-71H,1-15H3/i25D,26D,28D,29D,39D,40D,46D,47D. The molecule has 2 aliphatic carbocycles. The summed E-state index contributed by atoms with van der Waals surface area (Å²) in [4.78, 5) is 5.21. The first-order chi connectivity index (χ1) is 62.0. The summed E-state index contributed by atoms with van der Waals surface area (Å²) in [7, 11) is 0. The molecule has 0 bridgehead atoms. The van der Waals surface area contributed by atoms with E-state index in [0.717, 1.165) is 140 Å². The normalized spacial score (nSPS) is 14.8. The molecule has 0 saturated carbocycles. The Morgan fingerprint density at radius 2 is 0.697 bits per heavy atom. The van der Waals surface area contributed by atoms with E-state index in [1.54, 1.807) is 0 Å². The van der Waals surface area contributed by atoms with Gasteiger partial charge >= 0.3 is 0 Å². The average Bonchev–Trinajstić information content (AvgIpc) is 1.48. The minimum Gasteiger partial charge on any atom is -0.311 e. The Labute approximate surface area is 730 Å². The predicted molar refractivity (Wildman–Crippen MR) is 521 cm³/mol. The zero-order chi connectivity index (χ0) is 90.5. The molecule has 122 heavy (non-hydrogen) atoms. The Morgan fingerprint density at radius 1 is 0.262 bits per heavy atom. The lowest BCUT2D eigenvalue weighted by atomic mass is 9.33. The molecule has 0 unspecified atom stereocenters. The third kappa shape index (κ3) is 11.3. The first-order valence-corrected chi connectivity index (χ1v) is 43.2. The van der Waals surface area contributed by atoms with E-state index in [2.05, 4.69) is 390 Å². The smallest absolute Gasteiger partial charge is 0.252 e. The molecule has 2 aromatic heterocycles. The van der Waals surface area contributed by atoms with Crippen molar-refractivity contribution in [1.82, 2.24) is 9.13 Å². The van der Waals surface area contributed by atoms with Crippen molar-refractivity contribution in [3.63, 3.8) is 0 Å². The van der Waals surface area contributed by atoms with Gasteiger partial charge in [-0.3, -0.25) is 0 Å². The molecule has 4 aliphatic rings. The first kappa shape index (κ1) is 66.6. The van der Waals surface area contributed by atoms with E-state index in [1.807, 2.05) is 24.3 Å². The maximum atomic E-state index is 10.4. The highest BCUT2D eigenvalue weighted by Crippen LogP contribution is 2.65. The van der Waals surface area contributed by atoms with Gasteiger partial charge in [0.2, 0.25) is 0 Å². The molecule has 18 aromatic rings. The van der Waals surface area contributed by atoms with Gasteiger partial charge in [0.15, 0.2) is 0 Å². The van der Waals surface area contributed by atoms with Crippen LogP contribution in [-0.2, 0) is 32.5 Å². The highest BCUT2D eigenvalue weighted by Gasteiger charge is 2.54. The van der Waals surface area contributed by atoms with Crippen LogP contribution >= 0.6 is 0 Å². The Morgan fingerprint density at radius 3 is 1.25 bits per heavy atom. The topological polar surface area (TPSA) is 16.3 Å². The predicted octanol–water partition coefficient (Wildman–Crippen LogP) is 29.5. The third-order valence-corrected chi connectivity index (χ3v) is 26.9. The fourth-order valence-electron chi connectivity index (χ4n) is 20.7. The number of aromatic nitrogens is 2. The van der Waals surface area contributed by atoms with Crippen LogP contribution in [0.3, 0.4) is 0 Å². The number of anilines is 6. The van der Waals surface area contributed by atoms with E-state index in [-0.39, 0.29) is 73.5 Å². The largest absolute Gasteiger partial charge is 0.311 e. The van der Waals surface area contributed by atoms with Gasteiger partial charge in [-0.05, 0) is 229 Å². The van der Waals surface area contributed by atoms with Gasteiger partial charge < -0.3 is 18.9 Å². The van der Waals surface area contributed by atoms with E-state index in [1.165, 1.54) is 49.4 Å². The Kier molecular flexibility index (Phi) is 14.7. The maximum absolute atomic E-state index is 10.4. The molecule has 0 radical (unpaired) electrons. The number of benzene rings is 16. The lowest BCUT2D eigenvalue weighted by molar-refractivity contribution is 0.590. The van der Waals surface area contributed by atoms with Gasteiger partial charge in [0.05, 0.1) is 55.5 Å². The van der Waals surface area contributed by atoms with Crippen molar-refractivity contribution in [3.05, 3.63) is 390 Å². The molecule has 0 saturated heterocycles. The number of rotatable bonds is 8. The molecular formula is C117H101BN4. The summed E-state index contributed by atoms with van der Waals surface area (Å²) >= 11 is 0. The van der Waals surface area contributed by atoms with Crippen molar-refractivity contribution in [2.24, 2.45) is 0 Å². The van der Waals surface area contributed by atoms with Crippen LogP contribution in [0.15, 0.2) is 340 Å². The monoisotopic (exact) mass is 1580 g/mol. The Balaban J connectivity index is 0.934. The van der Waals surface area contributed by atoms with Crippen LogP contribution in [0, 0.1) is 0 Å². The van der Waals surface area contributed by atoms with Crippen LogP contribution in [0.5, 0.6) is 0 Å². The number of fused-ring (bicyclic) bond motifs is 20. The number of para-hydroxylation sites is 1. The molecule has 5 heteroatoms. The molecule has 4 nitrogen and oxygen atoms in total. The lowest BCUT2D eigenvalue weighted by Crippen LogP contribution is -2.61. The molecule has 0 fully saturated rings. The van der Waals surface area contributed by atoms with Crippen molar-refractivity contribution in [2.45, 2.75) is 136 Å². The second kappa shape index (κ2) is 26.9. The van der Waals surface area contributed by atoms with Crippen molar-refractivity contribution >= 4 is 101 Å². The van der Waals surface area contributed by atoms with Gasteiger partial charge in [0, 0.05) is 66.7 Å². The van der Waals surface area contributed by atoms with E-state index in [0.29, 0.717) is 11.1 Å². The van der Waals surface area contributed by atoms with E-state index >= 15 is 0 Å². The summed E-state index contributed by atoms with van der Waals surface area (Å²) in [6, 6.07) is 105. The van der Waals surface area contributed by atoms with Crippen molar-refractivity contribution in [2.75, 3.05) is 9.80 Å². The fraction of sp³-hybridized carbons (Fsp3) is 0.179. The molecule has 592 valence electrons. The highest BCUT2D eigenvalue weighted by atomic mass is 15.2. The van der Waals surface area contributed by atoms with Crippen LogP contribution in [0.1, 0.15) is 165 Å². The third-order valence-electron chi connectivity index (χ3n) is 26.9. The second-order valence-corrected chi connectivity index (χ2v) is 39.4. The van der Waals surface area contributed by atoms with Gasteiger partial charge in [0.25, 0.3) is 6.71 Å². The maximum Gasteiger partial charge on any atom is 0.252 e. The zero-order valence-electron chi connectivity index (χ0n) is 80.1. The highest BCUT2D eigenvalue weighted by molar-refractivity contribution is 7.00. The number of nitrogens with zero attached hydrogens (tertiary/aromatic N) is 4. The van der Waals surface area contributed by atoms with E-state index < -0.39 is 36.3 Å². The summed E-state index contributed by atoms with van der Waals surface area (Å²) in [5.41, 5.74) is 30.0. The van der Waals surface area contributed by atoms with Crippen LogP contribution in [0.4, 0.5) is 34.1 Å². The van der Waals surface area contributed by atoms with Gasteiger partial charge in [0.1, 0.15) is 0 Å². The minimum absolute atomic E-state index is 0.0722. The number of hydrogen-bond donors (Lipinski definition) is 0. The van der Waals surface area contributed by atoms with Gasteiger partial charge in [-0.15, -0.1) is 0 Å². The summed E-state index contributed by atoms with van der Waals surface area (Å²) < 4.78 is 83.7. The zero-order valence-corrected chi connectivity index (χ0v) is 72.1. The Bertz CT molecular complexity index is 7720. The summed E-state index contributed by atoms with van der Waals surface area (Å²) in [5, 5.41) is 4.69. The van der Waals surface area contributed by atoms with Crippen LogP contribution < -0.4 is 26.2 Å². The molecule has 0 atom stereocenters. The van der Waals surface area contributed by atoms with Crippen molar-refractivity contribution < 1.29 is 11.0 Å². The first-order valence-electron chi connectivity index (χ1n) is 47.2. The van der Waals surface area contributed by atoms with Crippen molar-refractivity contribution in [1.29, 1.82) is 0 Å². The van der Waals surface area contributed by atoms with Crippen LogP contribution in [0.25, 0.3) is 122 Å². The molecule has 22 rings (SSSR count). The van der Waals surface area contributed by atoms with Gasteiger partial charge in [-0.1, -0.05) is 358 Å². The van der Waals surface area contributed by atoms with E-state index in [4.69, 9.17) is 0 Å². The minimum atomic E-state index is -1.70. The quantitative estimate of drug-likeness (QED) is 0.141.